The smallest absolute Gasteiger partial charge is 0.326 e. The summed E-state index contributed by atoms with van der Waals surface area (Å²) in [7, 11) is 0. The molecule has 0 unspecified atom stereocenters. The van der Waals surface area contributed by atoms with Gasteiger partial charge in [-0.3, -0.25) is 4.90 Å². The molecular weight excluding hydrogens is 384 g/mol. The lowest BCUT2D eigenvalue weighted by Gasteiger charge is -2.31. The number of para-hydroxylation sites is 2. The summed E-state index contributed by atoms with van der Waals surface area (Å²) < 4.78 is 0. The number of urea groups is 1. The number of benzene rings is 3. The predicted octanol–water partition coefficient (Wildman–Crippen LogP) is 6.24. The van der Waals surface area contributed by atoms with Crippen LogP contribution in [0.15, 0.2) is 82.6 Å². The van der Waals surface area contributed by atoms with E-state index in [9.17, 15) is 4.79 Å². The summed E-state index contributed by atoms with van der Waals surface area (Å²) in [5, 5.41) is 3.09. The average molecular weight is 407 g/mol. The van der Waals surface area contributed by atoms with Crippen LogP contribution in [0.2, 0.25) is 0 Å². The minimum atomic E-state index is -0.0728. The summed E-state index contributed by atoms with van der Waals surface area (Å²) in [5.41, 5.74) is 4.49. The Labute approximate surface area is 174 Å². The van der Waals surface area contributed by atoms with Crippen molar-refractivity contribution >= 4 is 40.9 Å². The highest BCUT2D eigenvalue weighted by Gasteiger charge is 2.27. The lowest BCUT2D eigenvalue weighted by atomic mass is 10.2. The molecular formula is C23H22N2OS2. The molecule has 0 atom stereocenters. The van der Waals surface area contributed by atoms with Gasteiger partial charge in [-0.15, -0.1) is 0 Å². The molecule has 0 radical (unpaired) electrons. The van der Waals surface area contributed by atoms with E-state index >= 15 is 0 Å². The second kappa shape index (κ2) is 8.76. The number of rotatable bonds is 5. The summed E-state index contributed by atoms with van der Waals surface area (Å²) in [4.78, 5) is 17.0. The summed E-state index contributed by atoms with van der Waals surface area (Å²) in [6, 6.07) is 24.6. The molecule has 4 rings (SSSR count). The van der Waals surface area contributed by atoms with Crippen molar-refractivity contribution in [2.24, 2.45) is 0 Å². The number of thioether (sulfide) groups is 1. The second-order valence-electron chi connectivity index (χ2n) is 6.65. The fraction of sp³-hybridized carbons (Fsp3) is 0.174. The number of nitrogens with zero attached hydrogens (tertiary/aromatic N) is 1. The van der Waals surface area contributed by atoms with Crippen LogP contribution in [0.1, 0.15) is 11.1 Å². The number of hydrogen-bond acceptors (Lipinski definition) is 3. The highest BCUT2D eigenvalue weighted by atomic mass is 32.2. The number of aryl methyl sites for hydroxylation is 1. The molecule has 142 valence electrons. The molecule has 28 heavy (non-hydrogen) atoms. The Morgan fingerprint density at radius 3 is 2.32 bits per heavy atom. The lowest BCUT2D eigenvalue weighted by Crippen LogP contribution is -2.39. The first-order chi connectivity index (χ1) is 13.7. The van der Waals surface area contributed by atoms with Crippen molar-refractivity contribution < 1.29 is 4.79 Å². The maximum atomic E-state index is 13.0. The zero-order valence-corrected chi connectivity index (χ0v) is 17.4. The summed E-state index contributed by atoms with van der Waals surface area (Å²) in [5.74, 6) is 1.84. The van der Waals surface area contributed by atoms with Crippen LogP contribution in [0.5, 0.6) is 0 Å². The van der Waals surface area contributed by atoms with E-state index in [2.05, 4.69) is 48.6 Å². The van der Waals surface area contributed by atoms with Gasteiger partial charge in [-0.2, -0.15) is 11.8 Å². The van der Waals surface area contributed by atoms with Gasteiger partial charge < -0.3 is 5.32 Å². The molecule has 2 amide bonds. The summed E-state index contributed by atoms with van der Waals surface area (Å²) in [6.07, 6.45) is 0. The van der Waals surface area contributed by atoms with Crippen LogP contribution in [0.25, 0.3) is 0 Å². The predicted molar refractivity (Wildman–Crippen MR) is 120 cm³/mol. The van der Waals surface area contributed by atoms with Gasteiger partial charge >= 0.3 is 6.03 Å². The molecule has 0 aliphatic carbocycles. The molecule has 1 aliphatic rings. The van der Waals surface area contributed by atoms with E-state index in [0.717, 1.165) is 32.7 Å². The molecule has 3 aromatic rings. The quantitative estimate of drug-likeness (QED) is 0.509. The van der Waals surface area contributed by atoms with E-state index in [1.54, 1.807) is 16.7 Å². The fourth-order valence-corrected chi connectivity index (χ4v) is 5.09. The normalized spacial score (nSPS) is 12.2. The van der Waals surface area contributed by atoms with E-state index in [0.29, 0.717) is 6.54 Å². The van der Waals surface area contributed by atoms with Crippen LogP contribution >= 0.6 is 23.5 Å². The second-order valence-corrected chi connectivity index (χ2v) is 8.84. The Balaban J connectivity index is 1.38. The van der Waals surface area contributed by atoms with Crippen molar-refractivity contribution in [2.45, 2.75) is 22.5 Å². The van der Waals surface area contributed by atoms with Crippen LogP contribution in [0.4, 0.5) is 16.2 Å². The summed E-state index contributed by atoms with van der Waals surface area (Å²) >= 11 is 3.55. The zero-order valence-electron chi connectivity index (χ0n) is 15.7. The Hall–Kier alpha value is -2.37. The van der Waals surface area contributed by atoms with Gasteiger partial charge in [0.2, 0.25) is 0 Å². The van der Waals surface area contributed by atoms with Crippen molar-refractivity contribution in [3.63, 3.8) is 0 Å². The maximum absolute atomic E-state index is 13.0. The number of carbonyl (C=O) groups excluding carboxylic acids is 1. The first-order valence-corrected chi connectivity index (χ1v) is 11.3. The van der Waals surface area contributed by atoms with Gasteiger partial charge in [0.1, 0.15) is 0 Å². The van der Waals surface area contributed by atoms with Gasteiger partial charge in [-0.1, -0.05) is 65.9 Å². The van der Waals surface area contributed by atoms with Crippen LogP contribution in [0, 0.1) is 6.92 Å². The van der Waals surface area contributed by atoms with Crippen LogP contribution in [0.3, 0.4) is 0 Å². The highest BCUT2D eigenvalue weighted by molar-refractivity contribution is 7.99. The van der Waals surface area contributed by atoms with Crippen LogP contribution < -0.4 is 10.2 Å². The van der Waals surface area contributed by atoms with Crippen molar-refractivity contribution in [1.82, 2.24) is 5.32 Å². The fourth-order valence-electron chi connectivity index (χ4n) is 3.22. The Morgan fingerprint density at radius 1 is 0.964 bits per heavy atom. The van der Waals surface area contributed by atoms with Crippen LogP contribution in [-0.4, -0.2) is 18.3 Å². The number of amides is 2. The minimum absolute atomic E-state index is 0.0728. The highest BCUT2D eigenvalue weighted by Crippen LogP contribution is 2.47. The molecule has 1 aliphatic heterocycles. The number of carbonyl (C=O) groups is 1. The molecule has 0 fully saturated rings. The van der Waals surface area contributed by atoms with Gasteiger partial charge in [0.05, 0.1) is 11.4 Å². The Bertz CT molecular complexity index is 944. The monoisotopic (exact) mass is 406 g/mol. The molecule has 1 heterocycles. The van der Waals surface area contributed by atoms with Gasteiger partial charge in [-0.05, 0) is 36.8 Å². The van der Waals surface area contributed by atoms with Gasteiger partial charge in [0, 0.05) is 27.8 Å². The SMILES string of the molecule is Cc1cccc(CSCCNC(=O)N2c3ccccc3Sc3ccccc32)c1. The molecule has 3 nitrogen and oxygen atoms in total. The lowest BCUT2D eigenvalue weighted by molar-refractivity contribution is 0.249. The Kier molecular flexibility index (Phi) is 5.93. The zero-order chi connectivity index (χ0) is 19.3. The third-order valence-corrected chi connectivity index (χ3v) is 6.67. The molecule has 5 heteroatoms. The minimum Gasteiger partial charge on any atom is -0.337 e. The van der Waals surface area contributed by atoms with Gasteiger partial charge in [-0.25, -0.2) is 4.79 Å². The number of anilines is 2. The van der Waals surface area contributed by atoms with E-state index in [-0.39, 0.29) is 6.03 Å². The molecule has 1 N–H and O–H groups in total. The van der Waals surface area contributed by atoms with Gasteiger partial charge in [0.15, 0.2) is 0 Å². The van der Waals surface area contributed by atoms with Crippen molar-refractivity contribution in [2.75, 3.05) is 17.2 Å². The largest absolute Gasteiger partial charge is 0.337 e. The average Bonchev–Trinajstić information content (AvgIpc) is 2.71. The summed E-state index contributed by atoms with van der Waals surface area (Å²) in [6.45, 7) is 2.75. The topological polar surface area (TPSA) is 32.3 Å². The molecule has 0 saturated heterocycles. The number of hydrogen-bond donors (Lipinski definition) is 1. The number of fused-ring (bicyclic) bond motifs is 2. The van der Waals surface area contributed by atoms with E-state index in [4.69, 9.17) is 0 Å². The van der Waals surface area contributed by atoms with Crippen molar-refractivity contribution in [3.05, 3.63) is 83.9 Å². The van der Waals surface area contributed by atoms with Crippen molar-refractivity contribution in [3.8, 4) is 0 Å². The third kappa shape index (κ3) is 4.21. The Morgan fingerprint density at radius 2 is 1.64 bits per heavy atom. The van der Waals surface area contributed by atoms with Crippen LogP contribution in [-0.2, 0) is 5.75 Å². The molecule has 0 aromatic heterocycles. The van der Waals surface area contributed by atoms with E-state index in [1.165, 1.54) is 11.1 Å². The van der Waals surface area contributed by atoms with Crippen molar-refractivity contribution in [1.29, 1.82) is 0 Å². The van der Waals surface area contributed by atoms with E-state index in [1.807, 2.05) is 48.2 Å². The first-order valence-electron chi connectivity index (χ1n) is 9.29. The molecule has 3 aromatic carbocycles. The number of nitrogens with one attached hydrogen (secondary N) is 1. The standard InChI is InChI=1S/C23H22N2OS2/c1-17-7-6-8-18(15-17)16-27-14-13-24-23(26)25-19-9-2-4-11-21(19)28-22-12-5-3-10-20(22)25/h2-12,15H,13-14,16H2,1H3,(H,24,26). The first kappa shape index (κ1) is 19.0. The van der Waals surface area contributed by atoms with Gasteiger partial charge in [0.25, 0.3) is 0 Å². The maximum Gasteiger partial charge on any atom is 0.326 e. The molecule has 0 saturated carbocycles. The van der Waals surface area contributed by atoms with E-state index < -0.39 is 0 Å². The molecule has 0 spiro atoms. The molecule has 0 bridgehead atoms. The third-order valence-electron chi connectivity index (χ3n) is 4.51.